The smallest absolute Gasteiger partial charge is 0.382 e. The van der Waals surface area contributed by atoms with E-state index in [2.05, 4.69) is 21.2 Å². The Hall–Kier alpha value is -0.750. The minimum absolute atomic E-state index is 0.0517. The first-order valence-corrected chi connectivity index (χ1v) is 6.11. The quantitative estimate of drug-likeness (QED) is 0.890. The van der Waals surface area contributed by atoms with E-state index in [0.717, 1.165) is 6.07 Å². The molecule has 0 aromatic heterocycles. The van der Waals surface area contributed by atoms with Crippen LogP contribution >= 0.6 is 15.9 Å². The highest BCUT2D eigenvalue weighted by molar-refractivity contribution is 9.10. The van der Waals surface area contributed by atoms with E-state index in [1.54, 1.807) is 19.9 Å². The average Bonchev–Trinajstić information content (AvgIpc) is 2.26. The number of nitrogens with one attached hydrogen (secondary N) is 1. The van der Waals surface area contributed by atoms with Crippen LogP contribution in [-0.4, -0.2) is 19.3 Å². The number of benzene rings is 1. The molecule has 0 radical (unpaired) electrons. The molecule has 0 saturated carbocycles. The molecule has 1 rings (SSSR count). The van der Waals surface area contributed by atoms with Crippen LogP contribution in [0.15, 0.2) is 22.7 Å². The Labute approximate surface area is 113 Å². The fourth-order valence-electron chi connectivity index (χ4n) is 1.29. The minimum Gasteiger partial charge on any atom is -0.382 e. The number of rotatable bonds is 4. The minimum atomic E-state index is -4.39. The molecule has 1 N–H and O–H groups in total. The molecule has 6 heteroatoms. The van der Waals surface area contributed by atoms with Gasteiger partial charge in [0.15, 0.2) is 0 Å². The standard InChI is InChI=1S/C12H15BrF3NO/c1-11(2,18-3)7-17-10-5-4-8(13)6-9(10)12(14,15)16/h4-6,17H,7H2,1-3H3. The number of alkyl halides is 3. The highest BCUT2D eigenvalue weighted by Crippen LogP contribution is 2.36. The molecular weight excluding hydrogens is 311 g/mol. The number of halogens is 4. The van der Waals surface area contributed by atoms with E-state index >= 15 is 0 Å². The second kappa shape index (κ2) is 5.48. The summed E-state index contributed by atoms with van der Waals surface area (Å²) in [6, 6.07) is 4.03. The first-order chi connectivity index (χ1) is 8.15. The first kappa shape index (κ1) is 15.3. The second-order valence-corrected chi connectivity index (χ2v) is 5.42. The van der Waals surface area contributed by atoms with Crippen molar-refractivity contribution in [2.75, 3.05) is 19.0 Å². The summed E-state index contributed by atoms with van der Waals surface area (Å²) in [4.78, 5) is 0. The molecule has 0 aliphatic rings. The fourth-order valence-corrected chi connectivity index (χ4v) is 1.65. The Bertz CT molecular complexity index is 418. The summed E-state index contributed by atoms with van der Waals surface area (Å²) in [5.74, 6) is 0. The van der Waals surface area contributed by atoms with E-state index in [0.29, 0.717) is 4.47 Å². The van der Waals surface area contributed by atoms with Crippen molar-refractivity contribution in [2.24, 2.45) is 0 Å². The third-order valence-corrected chi connectivity index (χ3v) is 3.04. The molecule has 0 unspecified atom stereocenters. The van der Waals surface area contributed by atoms with Gasteiger partial charge in [0.2, 0.25) is 0 Å². The zero-order chi connectivity index (χ0) is 14.0. The predicted octanol–water partition coefficient (Wildman–Crippen LogP) is 4.30. The Morgan fingerprint density at radius 3 is 2.39 bits per heavy atom. The fraction of sp³-hybridized carbons (Fsp3) is 0.500. The van der Waals surface area contributed by atoms with Gasteiger partial charge < -0.3 is 10.1 Å². The van der Waals surface area contributed by atoms with Crippen molar-refractivity contribution in [3.63, 3.8) is 0 Å². The third kappa shape index (κ3) is 4.17. The number of hydrogen-bond donors (Lipinski definition) is 1. The lowest BCUT2D eigenvalue weighted by atomic mass is 10.1. The van der Waals surface area contributed by atoms with Crippen LogP contribution in [-0.2, 0) is 10.9 Å². The van der Waals surface area contributed by atoms with E-state index in [1.165, 1.54) is 13.2 Å². The lowest BCUT2D eigenvalue weighted by molar-refractivity contribution is -0.137. The number of ether oxygens (including phenoxy) is 1. The summed E-state index contributed by atoms with van der Waals surface area (Å²) in [6.07, 6.45) is -4.39. The van der Waals surface area contributed by atoms with Crippen molar-refractivity contribution in [3.05, 3.63) is 28.2 Å². The summed E-state index contributed by atoms with van der Waals surface area (Å²) >= 11 is 3.04. The van der Waals surface area contributed by atoms with E-state index < -0.39 is 17.3 Å². The van der Waals surface area contributed by atoms with E-state index in [1.807, 2.05) is 0 Å². The molecule has 2 nitrogen and oxygen atoms in total. The molecule has 0 saturated heterocycles. The summed E-state index contributed by atoms with van der Waals surface area (Å²) in [5.41, 5.74) is -1.17. The van der Waals surface area contributed by atoms with Gasteiger partial charge in [-0.25, -0.2) is 0 Å². The molecular formula is C12H15BrF3NO. The van der Waals surface area contributed by atoms with Crippen LogP contribution in [0.5, 0.6) is 0 Å². The third-order valence-electron chi connectivity index (χ3n) is 2.54. The van der Waals surface area contributed by atoms with Gasteiger partial charge in [-0.15, -0.1) is 0 Å². The molecule has 0 aliphatic carbocycles. The van der Waals surface area contributed by atoms with Crippen molar-refractivity contribution in [1.29, 1.82) is 0 Å². The number of anilines is 1. The molecule has 0 atom stereocenters. The van der Waals surface area contributed by atoms with E-state index in [-0.39, 0.29) is 12.2 Å². The predicted molar refractivity (Wildman–Crippen MR) is 68.7 cm³/mol. The first-order valence-electron chi connectivity index (χ1n) is 5.31. The van der Waals surface area contributed by atoms with Crippen molar-refractivity contribution < 1.29 is 17.9 Å². The molecule has 0 spiro atoms. The summed E-state index contributed by atoms with van der Waals surface area (Å²) in [5, 5.41) is 2.77. The van der Waals surface area contributed by atoms with Crippen LogP contribution < -0.4 is 5.32 Å². The van der Waals surface area contributed by atoms with Gasteiger partial charge in [0.25, 0.3) is 0 Å². The van der Waals surface area contributed by atoms with Gasteiger partial charge >= 0.3 is 6.18 Å². The van der Waals surface area contributed by atoms with Crippen LogP contribution in [0.4, 0.5) is 18.9 Å². The summed E-state index contributed by atoms with van der Waals surface area (Å²) < 4.78 is 44.1. The zero-order valence-electron chi connectivity index (χ0n) is 10.4. The SMILES string of the molecule is COC(C)(C)CNc1ccc(Br)cc1C(F)(F)F. The van der Waals surface area contributed by atoms with Gasteiger partial charge in [-0.3, -0.25) is 0 Å². The topological polar surface area (TPSA) is 21.3 Å². The van der Waals surface area contributed by atoms with Gasteiger partial charge in [-0.2, -0.15) is 13.2 Å². The lowest BCUT2D eigenvalue weighted by Gasteiger charge is -2.25. The molecule has 0 aliphatic heterocycles. The van der Waals surface area contributed by atoms with Crippen LogP contribution in [0.3, 0.4) is 0 Å². The summed E-state index contributed by atoms with van der Waals surface area (Å²) in [6.45, 7) is 3.88. The van der Waals surface area contributed by atoms with Crippen molar-refractivity contribution in [1.82, 2.24) is 0 Å². The summed E-state index contributed by atoms with van der Waals surface area (Å²) in [7, 11) is 1.52. The van der Waals surface area contributed by atoms with Gasteiger partial charge in [0.1, 0.15) is 0 Å². The van der Waals surface area contributed by atoms with Gasteiger partial charge in [0, 0.05) is 23.8 Å². The Balaban J connectivity index is 2.96. The van der Waals surface area contributed by atoms with Crippen molar-refractivity contribution in [2.45, 2.75) is 25.6 Å². The molecule has 0 bridgehead atoms. The maximum Gasteiger partial charge on any atom is 0.418 e. The maximum atomic E-state index is 12.8. The highest BCUT2D eigenvalue weighted by Gasteiger charge is 2.34. The highest BCUT2D eigenvalue weighted by atomic mass is 79.9. The Morgan fingerprint density at radius 1 is 1.28 bits per heavy atom. The van der Waals surface area contributed by atoms with Gasteiger partial charge in [0.05, 0.1) is 11.2 Å². The zero-order valence-corrected chi connectivity index (χ0v) is 11.9. The van der Waals surface area contributed by atoms with E-state index in [4.69, 9.17) is 4.74 Å². The van der Waals surface area contributed by atoms with Crippen LogP contribution in [0.1, 0.15) is 19.4 Å². The molecule has 0 amide bonds. The van der Waals surface area contributed by atoms with Crippen LogP contribution in [0, 0.1) is 0 Å². The molecule has 102 valence electrons. The van der Waals surface area contributed by atoms with E-state index in [9.17, 15) is 13.2 Å². The molecule has 1 aromatic rings. The maximum absolute atomic E-state index is 12.8. The Morgan fingerprint density at radius 2 is 1.89 bits per heavy atom. The second-order valence-electron chi connectivity index (χ2n) is 4.51. The number of methoxy groups -OCH3 is 1. The monoisotopic (exact) mass is 325 g/mol. The molecule has 18 heavy (non-hydrogen) atoms. The van der Waals surface area contributed by atoms with Crippen LogP contribution in [0.25, 0.3) is 0 Å². The molecule has 0 heterocycles. The Kier molecular flexibility index (Phi) is 4.66. The average molecular weight is 326 g/mol. The van der Waals surface area contributed by atoms with Gasteiger partial charge in [-0.05, 0) is 32.0 Å². The van der Waals surface area contributed by atoms with Crippen LogP contribution in [0.2, 0.25) is 0 Å². The van der Waals surface area contributed by atoms with Crippen molar-refractivity contribution >= 4 is 21.6 Å². The number of hydrogen-bond acceptors (Lipinski definition) is 2. The van der Waals surface area contributed by atoms with Crippen molar-refractivity contribution in [3.8, 4) is 0 Å². The molecule has 0 fully saturated rings. The lowest BCUT2D eigenvalue weighted by Crippen LogP contribution is -2.32. The van der Waals surface area contributed by atoms with Gasteiger partial charge in [-0.1, -0.05) is 15.9 Å². The molecule has 1 aromatic carbocycles. The normalized spacial score (nSPS) is 12.6. The largest absolute Gasteiger partial charge is 0.418 e.